The molecule has 5 heteroatoms. The van der Waals surface area contributed by atoms with Crippen LogP contribution in [-0.2, 0) is 9.53 Å². The standard InChI is InChI=1S/C14H27N3O2/c1-10(2)16-14(13(15)18)5-4-12(8-14)17-6-7-19-11(3)9-17/h10-12,16H,4-9H2,1-3H3,(H2,15,18). The Hall–Kier alpha value is -0.650. The largest absolute Gasteiger partial charge is 0.376 e. The first-order chi connectivity index (χ1) is 8.93. The average Bonchev–Trinajstić information content (AvgIpc) is 2.74. The normalized spacial score (nSPS) is 36.8. The van der Waals surface area contributed by atoms with Crippen LogP contribution in [0, 0.1) is 0 Å². The zero-order valence-electron chi connectivity index (χ0n) is 12.3. The van der Waals surface area contributed by atoms with Gasteiger partial charge >= 0.3 is 0 Å². The van der Waals surface area contributed by atoms with Crippen LogP contribution in [0.3, 0.4) is 0 Å². The number of carbonyl (C=O) groups is 1. The molecule has 2 aliphatic rings. The van der Waals surface area contributed by atoms with E-state index in [1.54, 1.807) is 0 Å². The number of ether oxygens (including phenoxy) is 1. The molecule has 3 atom stereocenters. The van der Waals surface area contributed by atoms with Crippen LogP contribution in [0.4, 0.5) is 0 Å². The molecule has 0 aromatic carbocycles. The molecule has 1 aliphatic heterocycles. The van der Waals surface area contributed by atoms with Gasteiger partial charge in [0.1, 0.15) is 0 Å². The minimum atomic E-state index is -0.514. The van der Waals surface area contributed by atoms with Gasteiger partial charge in [0.15, 0.2) is 0 Å². The van der Waals surface area contributed by atoms with Crippen molar-refractivity contribution in [1.29, 1.82) is 0 Å². The van der Waals surface area contributed by atoms with Crippen molar-refractivity contribution in [3.8, 4) is 0 Å². The molecule has 0 aromatic rings. The van der Waals surface area contributed by atoms with Crippen molar-refractivity contribution in [1.82, 2.24) is 10.2 Å². The molecule has 0 spiro atoms. The topological polar surface area (TPSA) is 67.6 Å². The second-order valence-corrected chi connectivity index (χ2v) is 6.32. The molecule has 110 valence electrons. The average molecular weight is 269 g/mol. The molecule has 0 bridgehead atoms. The molecule has 1 aliphatic carbocycles. The molecule has 2 fully saturated rings. The molecule has 1 saturated carbocycles. The maximum Gasteiger partial charge on any atom is 0.237 e. The van der Waals surface area contributed by atoms with Gasteiger partial charge in [-0.1, -0.05) is 0 Å². The van der Waals surface area contributed by atoms with Crippen LogP contribution in [0.25, 0.3) is 0 Å². The monoisotopic (exact) mass is 269 g/mol. The van der Waals surface area contributed by atoms with E-state index in [1.807, 2.05) is 0 Å². The van der Waals surface area contributed by atoms with Crippen LogP contribution in [0.15, 0.2) is 0 Å². The number of morpholine rings is 1. The summed E-state index contributed by atoms with van der Waals surface area (Å²) in [5, 5.41) is 3.40. The fourth-order valence-corrected chi connectivity index (χ4v) is 3.49. The predicted octanol–water partition coefficient (Wildman–Crippen LogP) is 0.482. The number of hydrogen-bond acceptors (Lipinski definition) is 4. The molecule has 1 saturated heterocycles. The van der Waals surface area contributed by atoms with Crippen LogP contribution in [0.5, 0.6) is 0 Å². The van der Waals surface area contributed by atoms with E-state index in [2.05, 4.69) is 31.0 Å². The number of rotatable bonds is 4. The van der Waals surface area contributed by atoms with Crippen LogP contribution < -0.4 is 11.1 Å². The zero-order valence-corrected chi connectivity index (χ0v) is 12.3. The van der Waals surface area contributed by atoms with Gasteiger partial charge in [-0.2, -0.15) is 0 Å². The van der Waals surface area contributed by atoms with Gasteiger partial charge in [0, 0.05) is 25.2 Å². The molecular weight excluding hydrogens is 242 g/mol. The van der Waals surface area contributed by atoms with Gasteiger partial charge in [-0.3, -0.25) is 9.69 Å². The lowest BCUT2D eigenvalue weighted by Gasteiger charge is -2.37. The Morgan fingerprint density at radius 2 is 2.26 bits per heavy atom. The van der Waals surface area contributed by atoms with E-state index in [0.717, 1.165) is 39.0 Å². The Morgan fingerprint density at radius 3 is 2.84 bits per heavy atom. The third-order valence-electron chi connectivity index (χ3n) is 4.31. The number of carbonyl (C=O) groups excluding carboxylic acids is 1. The smallest absolute Gasteiger partial charge is 0.237 e. The molecule has 2 rings (SSSR count). The van der Waals surface area contributed by atoms with Gasteiger partial charge in [0.2, 0.25) is 5.91 Å². The van der Waals surface area contributed by atoms with Gasteiger partial charge in [-0.25, -0.2) is 0 Å². The van der Waals surface area contributed by atoms with Crippen molar-refractivity contribution in [2.24, 2.45) is 5.73 Å². The number of nitrogens with one attached hydrogen (secondary N) is 1. The first-order valence-electron chi connectivity index (χ1n) is 7.36. The van der Waals surface area contributed by atoms with Crippen LogP contribution in [0.1, 0.15) is 40.0 Å². The van der Waals surface area contributed by atoms with E-state index in [0.29, 0.717) is 6.04 Å². The summed E-state index contributed by atoms with van der Waals surface area (Å²) in [6, 6.07) is 0.722. The Balaban J connectivity index is 2.01. The SMILES string of the molecule is CC(C)NC1(C(N)=O)CCC(N2CCOC(C)C2)C1. The molecular formula is C14H27N3O2. The molecule has 1 amide bonds. The highest BCUT2D eigenvalue weighted by molar-refractivity contribution is 5.85. The fourth-order valence-electron chi connectivity index (χ4n) is 3.49. The Morgan fingerprint density at radius 1 is 1.53 bits per heavy atom. The first-order valence-corrected chi connectivity index (χ1v) is 7.36. The van der Waals surface area contributed by atoms with Gasteiger partial charge in [-0.15, -0.1) is 0 Å². The Bertz CT molecular complexity index is 335. The Kier molecular flexibility index (Phi) is 4.48. The lowest BCUT2D eigenvalue weighted by Crippen LogP contribution is -2.57. The summed E-state index contributed by atoms with van der Waals surface area (Å²) >= 11 is 0. The van der Waals surface area contributed by atoms with E-state index >= 15 is 0 Å². The number of nitrogens with zero attached hydrogens (tertiary/aromatic N) is 1. The molecule has 0 aromatic heterocycles. The van der Waals surface area contributed by atoms with Gasteiger partial charge in [0.25, 0.3) is 0 Å². The highest BCUT2D eigenvalue weighted by atomic mass is 16.5. The van der Waals surface area contributed by atoms with Crippen molar-refractivity contribution in [2.45, 2.75) is 63.8 Å². The van der Waals surface area contributed by atoms with Crippen LogP contribution in [-0.4, -0.2) is 54.2 Å². The summed E-state index contributed by atoms with van der Waals surface area (Å²) in [4.78, 5) is 14.3. The second-order valence-electron chi connectivity index (χ2n) is 6.32. The highest BCUT2D eigenvalue weighted by Crippen LogP contribution is 2.34. The minimum Gasteiger partial charge on any atom is -0.376 e. The summed E-state index contributed by atoms with van der Waals surface area (Å²) < 4.78 is 5.58. The molecule has 0 radical (unpaired) electrons. The predicted molar refractivity (Wildman–Crippen MR) is 74.8 cm³/mol. The van der Waals surface area contributed by atoms with Gasteiger partial charge in [0.05, 0.1) is 18.2 Å². The first kappa shape index (κ1) is 14.8. The number of amides is 1. The summed E-state index contributed by atoms with van der Waals surface area (Å²) in [5.74, 6) is -0.204. The molecule has 5 nitrogen and oxygen atoms in total. The van der Waals surface area contributed by atoms with Gasteiger partial charge in [-0.05, 0) is 40.0 Å². The zero-order chi connectivity index (χ0) is 14.0. The minimum absolute atomic E-state index is 0.204. The number of nitrogens with two attached hydrogens (primary N) is 1. The lowest BCUT2D eigenvalue weighted by atomic mass is 9.95. The molecule has 3 unspecified atom stereocenters. The summed E-state index contributed by atoms with van der Waals surface area (Å²) in [6.45, 7) is 8.95. The van der Waals surface area contributed by atoms with E-state index in [4.69, 9.17) is 10.5 Å². The highest BCUT2D eigenvalue weighted by Gasteiger charge is 2.46. The van der Waals surface area contributed by atoms with Crippen LogP contribution >= 0.6 is 0 Å². The quantitative estimate of drug-likeness (QED) is 0.779. The summed E-state index contributed by atoms with van der Waals surface area (Å²) in [5.41, 5.74) is 5.14. The summed E-state index contributed by atoms with van der Waals surface area (Å²) in [7, 11) is 0. The van der Waals surface area contributed by atoms with Crippen molar-refractivity contribution in [3.63, 3.8) is 0 Å². The fraction of sp³-hybridized carbons (Fsp3) is 0.929. The van der Waals surface area contributed by atoms with Crippen molar-refractivity contribution in [2.75, 3.05) is 19.7 Å². The van der Waals surface area contributed by atoms with Crippen molar-refractivity contribution in [3.05, 3.63) is 0 Å². The van der Waals surface area contributed by atoms with Crippen molar-refractivity contribution < 1.29 is 9.53 Å². The summed E-state index contributed by atoms with van der Waals surface area (Å²) in [6.07, 6.45) is 3.00. The third-order valence-corrected chi connectivity index (χ3v) is 4.31. The van der Waals surface area contributed by atoms with E-state index in [-0.39, 0.29) is 18.1 Å². The van der Waals surface area contributed by atoms with E-state index < -0.39 is 5.54 Å². The Labute approximate surface area is 115 Å². The number of hydrogen-bond donors (Lipinski definition) is 2. The van der Waals surface area contributed by atoms with Crippen LogP contribution in [0.2, 0.25) is 0 Å². The lowest BCUT2D eigenvalue weighted by molar-refractivity contribution is -0.124. The maximum atomic E-state index is 11.9. The van der Waals surface area contributed by atoms with E-state index in [9.17, 15) is 4.79 Å². The molecule has 1 heterocycles. The third kappa shape index (κ3) is 3.27. The van der Waals surface area contributed by atoms with Crippen molar-refractivity contribution >= 4 is 5.91 Å². The second kappa shape index (κ2) is 5.77. The number of primary amides is 1. The molecule has 19 heavy (non-hydrogen) atoms. The molecule has 3 N–H and O–H groups in total. The van der Waals surface area contributed by atoms with E-state index in [1.165, 1.54) is 0 Å². The maximum absolute atomic E-state index is 11.9. The van der Waals surface area contributed by atoms with Gasteiger partial charge < -0.3 is 15.8 Å².